The van der Waals surface area contributed by atoms with Gasteiger partial charge in [0.25, 0.3) is 0 Å². The normalized spacial score (nSPS) is 11.2. The lowest BCUT2D eigenvalue weighted by atomic mass is 10.1. The zero-order valence-corrected chi connectivity index (χ0v) is 13.4. The second-order valence-electron chi connectivity index (χ2n) is 4.81. The van der Waals surface area contributed by atoms with Crippen molar-refractivity contribution in [1.29, 1.82) is 0 Å². The van der Waals surface area contributed by atoms with Gasteiger partial charge in [-0.1, -0.05) is 12.1 Å². The minimum Gasteiger partial charge on any atom is -0.497 e. The number of aliphatic imine (C=N–C) groups is 1. The summed E-state index contributed by atoms with van der Waals surface area (Å²) in [5, 5.41) is 0. The van der Waals surface area contributed by atoms with E-state index in [1.54, 1.807) is 21.3 Å². The van der Waals surface area contributed by atoms with Gasteiger partial charge < -0.3 is 14.2 Å². The molecular formula is C18H21NO3. The Labute approximate surface area is 131 Å². The number of ether oxygens (including phenoxy) is 3. The van der Waals surface area contributed by atoms with Crippen LogP contribution < -0.4 is 14.2 Å². The van der Waals surface area contributed by atoms with Crippen LogP contribution in [0.4, 0.5) is 0 Å². The van der Waals surface area contributed by atoms with Crippen LogP contribution in [0.3, 0.4) is 0 Å². The van der Waals surface area contributed by atoms with Crippen molar-refractivity contribution in [3.8, 4) is 17.2 Å². The van der Waals surface area contributed by atoms with Crippen LogP contribution in [0, 0.1) is 0 Å². The van der Waals surface area contributed by atoms with Gasteiger partial charge in [-0.15, -0.1) is 0 Å². The molecule has 0 unspecified atom stereocenters. The summed E-state index contributed by atoms with van der Waals surface area (Å²) in [6, 6.07) is 13.6. The predicted molar refractivity (Wildman–Crippen MR) is 88.5 cm³/mol. The Morgan fingerprint density at radius 3 is 2.32 bits per heavy atom. The number of nitrogens with zero attached hydrogens (tertiary/aromatic N) is 1. The van der Waals surface area contributed by atoms with Crippen LogP contribution in [-0.4, -0.2) is 27.0 Å². The van der Waals surface area contributed by atoms with Gasteiger partial charge in [-0.2, -0.15) is 0 Å². The van der Waals surface area contributed by atoms with E-state index in [1.165, 1.54) is 0 Å². The van der Waals surface area contributed by atoms with Crippen molar-refractivity contribution < 1.29 is 14.2 Å². The van der Waals surface area contributed by atoms with Gasteiger partial charge in [0.1, 0.15) is 17.2 Å². The zero-order chi connectivity index (χ0) is 15.9. The summed E-state index contributed by atoms with van der Waals surface area (Å²) in [7, 11) is 4.95. The first kappa shape index (κ1) is 15.9. The highest BCUT2D eigenvalue weighted by Gasteiger charge is 2.05. The Balaban J connectivity index is 2.19. The fourth-order valence-corrected chi connectivity index (χ4v) is 2.13. The Hall–Kier alpha value is -2.49. The quantitative estimate of drug-likeness (QED) is 0.763. The molecule has 0 aromatic heterocycles. The molecule has 0 saturated heterocycles. The zero-order valence-electron chi connectivity index (χ0n) is 13.4. The fourth-order valence-electron chi connectivity index (χ4n) is 2.13. The molecule has 0 bridgehead atoms. The average molecular weight is 299 g/mol. The second kappa shape index (κ2) is 7.50. The van der Waals surface area contributed by atoms with Crippen LogP contribution in [0.1, 0.15) is 18.1 Å². The van der Waals surface area contributed by atoms with E-state index in [1.807, 2.05) is 49.4 Å². The van der Waals surface area contributed by atoms with Crippen molar-refractivity contribution in [3.05, 3.63) is 53.6 Å². The molecule has 4 heteroatoms. The monoisotopic (exact) mass is 299 g/mol. The maximum absolute atomic E-state index is 5.39. The fraction of sp³-hybridized carbons (Fsp3) is 0.278. The standard InChI is InChI=1S/C18H21NO3/c1-13(14-6-5-7-16(10-14)20-2)19-12-15-8-9-17(21-3)11-18(15)22-4/h5-11H,12H2,1-4H3. The van der Waals surface area contributed by atoms with Crippen molar-refractivity contribution in [2.75, 3.05) is 21.3 Å². The van der Waals surface area contributed by atoms with E-state index < -0.39 is 0 Å². The molecule has 0 N–H and O–H groups in total. The van der Waals surface area contributed by atoms with Gasteiger partial charge in [-0.25, -0.2) is 0 Å². The summed E-state index contributed by atoms with van der Waals surface area (Å²) in [4.78, 5) is 4.64. The molecule has 4 nitrogen and oxygen atoms in total. The Morgan fingerprint density at radius 1 is 0.909 bits per heavy atom. The van der Waals surface area contributed by atoms with Gasteiger partial charge in [0.15, 0.2) is 0 Å². The summed E-state index contributed by atoms with van der Waals surface area (Å²) < 4.78 is 15.8. The van der Waals surface area contributed by atoms with Crippen LogP contribution in [0.25, 0.3) is 0 Å². The van der Waals surface area contributed by atoms with Gasteiger partial charge in [0.05, 0.1) is 27.9 Å². The minimum absolute atomic E-state index is 0.552. The smallest absolute Gasteiger partial charge is 0.127 e. The van der Waals surface area contributed by atoms with E-state index in [-0.39, 0.29) is 0 Å². The number of rotatable bonds is 6. The van der Waals surface area contributed by atoms with Crippen molar-refractivity contribution >= 4 is 5.71 Å². The number of benzene rings is 2. The molecule has 22 heavy (non-hydrogen) atoms. The summed E-state index contributed by atoms with van der Waals surface area (Å²) in [6.07, 6.45) is 0. The molecule has 0 saturated carbocycles. The van der Waals surface area contributed by atoms with E-state index in [0.29, 0.717) is 6.54 Å². The van der Waals surface area contributed by atoms with Gasteiger partial charge in [0, 0.05) is 17.3 Å². The van der Waals surface area contributed by atoms with E-state index >= 15 is 0 Å². The molecule has 116 valence electrons. The third kappa shape index (κ3) is 3.79. The molecule has 2 aromatic carbocycles. The Morgan fingerprint density at radius 2 is 1.64 bits per heavy atom. The van der Waals surface area contributed by atoms with Crippen LogP contribution in [0.2, 0.25) is 0 Å². The third-order valence-corrected chi connectivity index (χ3v) is 3.47. The SMILES string of the molecule is COc1cccc(C(C)=NCc2ccc(OC)cc2OC)c1. The maximum atomic E-state index is 5.39. The summed E-state index contributed by atoms with van der Waals surface area (Å²) in [5.74, 6) is 2.38. The van der Waals surface area contributed by atoms with Gasteiger partial charge in [-0.05, 0) is 36.8 Å². The molecular weight excluding hydrogens is 278 g/mol. The first-order chi connectivity index (χ1) is 10.7. The van der Waals surface area contributed by atoms with Gasteiger partial charge in [0.2, 0.25) is 0 Å². The van der Waals surface area contributed by atoms with Crippen molar-refractivity contribution in [2.45, 2.75) is 13.5 Å². The highest BCUT2D eigenvalue weighted by molar-refractivity contribution is 5.99. The third-order valence-electron chi connectivity index (χ3n) is 3.47. The topological polar surface area (TPSA) is 40.0 Å². The lowest BCUT2D eigenvalue weighted by Crippen LogP contribution is -1.98. The molecule has 0 heterocycles. The molecule has 2 rings (SSSR count). The molecule has 0 aliphatic rings. The summed E-state index contributed by atoms with van der Waals surface area (Å²) >= 11 is 0. The Kier molecular flexibility index (Phi) is 5.42. The molecule has 0 radical (unpaired) electrons. The Bertz CT molecular complexity index is 665. The van der Waals surface area contributed by atoms with Gasteiger partial charge in [-0.3, -0.25) is 4.99 Å². The highest BCUT2D eigenvalue weighted by atomic mass is 16.5. The number of hydrogen-bond donors (Lipinski definition) is 0. The molecule has 2 aromatic rings. The second-order valence-corrected chi connectivity index (χ2v) is 4.81. The largest absolute Gasteiger partial charge is 0.497 e. The van der Waals surface area contributed by atoms with Crippen molar-refractivity contribution in [3.63, 3.8) is 0 Å². The molecule has 0 fully saturated rings. The minimum atomic E-state index is 0.552. The first-order valence-electron chi connectivity index (χ1n) is 7.04. The summed E-state index contributed by atoms with van der Waals surface area (Å²) in [5.41, 5.74) is 3.02. The van der Waals surface area contributed by atoms with Crippen LogP contribution in [0.15, 0.2) is 47.5 Å². The number of hydrogen-bond acceptors (Lipinski definition) is 4. The lowest BCUT2D eigenvalue weighted by Gasteiger charge is -2.09. The summed E-state index contributed by atoms with van der Waals surface area (Å²) in [6.45, 7) is 2.54. The number of methoxy groups -OCH3 is 3. The molecule has 0 aliphatic heterocycles. The highest BCUT2D eigenvalue weighted by Crippen LogP contribution is 2.25. The van der Waals surface area contributed by atoms with Crippen LogP contribution in [0.5, 0.6) is 17.2 Å². The lowest BCUT2D eigenvalue weighted by molar-refractivity contribution is 0.391. The van der Waals surface area contributed by atoms with Crippen molar-refractivity contribution in [2.24, 2.45) is 4.99 Å². The maximum Gasteiger partial charge on any atom is 0.127 e. The molecule has 0 spiro atoms. The van der Waals surface area contributed by atoms with E-state index in [2.05, 4.69) is 4.99 Å². The van der Waals surface area contributed by atoms with E-state index in [4.69, 9.17) is 14.2 Å². The molecule has 0 amide bonds. The molecule has 0 aliphatic carbocycles. The van der Waals surface area contributed by atoms with Crippen LogP contribution >= 0.6 is 0 Å². The average Bonchev–Trinajstić information content (AvgIpc) is 2.59. The van der Waals surface area contributed by atoms with E-state index in [9.17, 15) is 0 Å². The molecule has 0 atom stereocenters. The van der Waals surface area contributed by atoms with Gasteiger partial charge >= 0.3 is 0 Å². The van der Waals surface area contributed by atoms with E-state index in [0.717, 1.165) is 34.1 Å². The van der Waals surface area contributed by atoms with Crippen LogP contribution in [-0.2, 0) is 6.54 Å². The predicted octanol–water partition coefficient (Wildman–Crippen LogP) is 3.72. The van der Waals surface area contributed by atoms with Crippen molar-refractivity contribution in [1.82, 2.24) is 0 Å². The first-order valence-corrected chi connectivity index (χ1v) is 7.04.